The molecule has 0 unspecified atom stereocenters. The predicted octanol–water partition coefficient (Wildman–Crippen LogP) is 1.63. The minimum Gasteiger partial charge on any atom is -0.466 e. The highest BCUT2D eigenvalue weighted by atomic mass is 19.2. The number of rotatable bonds is 4. The summed E-state index contributed by atoms with van der Waals surface area (Å²) in [6, 6.07) is 0.360. The molecule has 0 aliphatic heterocycles. The van der Waals surface area contributed by atoms with E-state index < -0.39 is 41.4 Å². The van der Waals surface area contributed by atoms with E-state index in [1.165, 1.54) is 6.92 Å². The lowest BCUT2D eigenvalue weighted by Crippen LogP contribution is -2.14. The summed E-state index contributed by atoms with van der Waals surface area (Å²) in [6.07, 6.45) is -0.752. The zero-order valence-electron chi connectivity index (χ0n) is 8.80. The van der Waals surface area contributed by atoms with Gasteiger partial charge in [-0.15, -0.1) is 0 Å². The van der Waals surface area contributed by atoms with Gasteiger partial charge < -0.3 is 4.74 Å². The molecular formula is C10H8F3NO3. The van der Waals surface area contributed by atoms with Gasteiger partial charge in [0.1, 0.15) is 6.42 Å². The van der Waals surface area contributed by atoms with Crippen molar-refractivity contribution in [1.29, 1.82) is 0 Å². The molecular weight excluding hydrogens is 239 g/mol. The van der Waals surface area contributed by atoms with Crippen LogP contribution in [0.15, 0.2) is 6.07 Å². The monoisotopic (exact) mass is 247 g/mol. The standard InChI is InChI=1S/C10H8F3NO3/c1-2-17-8(16)4-7(15)5-3-6(11)10(13)14-9(5)12/h3H,2,4H2,1H3. The number of aromatic nitrogens is 1. The molecule has 0 saturated heterocycles. The Hall–Kier alpha value is -1.92. The molecule has 0 aliphatic rings. The fourth-order valence-electron chi connectivity index (χ4n) is 1.08. The lowest BCUT2D eigenvalue weighted by molar-refractivity contribution is -0.141. The van der Waals surface area contributed by atoms with Crippen LogP contribution in [-0.2, 0) is 9.53 Å². The second kappa shape index (κ2) is 5.42. The Labute approximate surface area is 94.4 Å². The zero-order valence-corrected chi connectivity index (χ0v) is 8.80. The van der Waals surface area contributed by atoms with Crippen LogP contribution in [0.4, 0.5) is 13.2 Å². The summed E-state index contributed by atoms with van der Waals surface area (Å²) in [7, 11) is 0. The summed E-state index contributed by atoms with van der Waals surface area (Å²) in [5, 5.41) is 0. The first kappa shape index (κ1) is 13.1. The van der Waals surface area contributed by atoms with E-state index in [4.69, 9.17) is 0 Å². The summed E-state index contributed by atoms with van der Waals surface area (Å²) >= 11 is 0. The summed E-state index contributed by atoms with van der Waals surface area (Å²) in [5.74, 6) is -6.46. The van der Waals surface area contributed by atoms with E-state index in [1.807, 2.05) is 0 Å². The van der Waals surface area contributed by atoms with Crippen molar-refractivity contribution in [2.45, 2.75) is 13.3 Å². The Balaban J connectivity index is 2.89. The fourth-order valence-corrected chi connectivity index (χ4v) is 1.08. The zero-order chi connectivity index (χ0) is 13.0. The molecule has 0 fully saturated rings. The summed E-state index contributed by atoms with van der Waals surface area (Å²) in [6.45, 7) is 1.59. The largest absolute Gasteiger partial charge is 0.466 e. The predicted molar refractivity (Wildman–Crippen MR) is 49.7 cm³/mol. The van der Waals surface area contributed by atoms with Crippen molar-refractivity contribution in [3.8, 4) is 0 Å². The maximum Gasteiger partial charge on any atom is 0.313 e. The van der Waals surface area contributed by atoms with Crippen LogP contribution in [0, 0.1) is 17.7 Å². The van der Waals surface area contributed by atoms with Crippen molar-refractivity contribution in [1.82, 2.24) is 4.98 Å². The lowest BCUT2D eigenvalue weighted by Gasteiger charge is -2.03. The highest BCUT2D eigenvalue weighted by molar-refractivity contribution is 6.05. The van der Waals surface area contributed by atoms with Gasteiger partial charge in [0.05, 0.1) is 12.2 Å². The second-order valence-corrected chi connectivity index (χ2v) is 3.00. The first-order valence-electron chi connectivity index (χ1n) is 4.66. The smallest absolute Gasteiger partial charge is 0.313 e. The van der Waals surface area contributed by atoms with Crippen LogP contribution in [0.1, 0.15) is 23.7 Å². The topological polar surface area (TPSA) is 56.3 Å². The van der Waals surface area contributed by atoms with Crippen molar-refractivity contribution in [3.05, 3.63) is 29.3 Å². The Morgan fingerprint density at radius 2 is 1.94 bits per heavy atom. The molecule has 0 radical (unpaired) electrons. The van der Waals surface area contributed by atoms with Crippen LogP contribution >= 0.6 is 0 Å². The van der Waals surface area contributed by atoms with Crippen LogP contribution in [0.5, 0.6) is 0 Å². The highest BCUT2D eigenvalue weighted by Crippen LogP contribution is 2.12. The Bertz CT molecular complexity index is 462. The average Bonchev–Trinajstić information content (AvgIpc) is 2.23. The van der Waals surface area contributed by atoms with Gasteiger partial charge in [-0.2, -0.15) is 13.8 Å². The number of carbonyl (C=O) groups excluding carboxylic acids is 2. The van der Waals surface area contributed by atoms with E-state index in [0.717, 1.165) is 0 Å². The number of hydrogen-bond donors (Lipinski definition) is 0. The SMILES string of the molecule is CCOC(=O)CC(=O)c1cc(F)c(F)nc1F. The van der Waals surface area contributed by atoms with E-state index in [2.05, 4.69) is 9.72 Å². The van der Waals surface area contributed by atoms with Crippen molar-refractivity contribution in [2.24, 2.45) is 0 Å². The Kier molecular flexibility index (Phi) is 4.19. The number of ketones is 1. The highest BCUT2D eigenvalue weighted by Gasteiger charge is 2.20. The third kappa shape index (κ3) is 3.27. The molecule has 0 amide bonds. The molecule has 4 nitrogen and oxygen atoms in total. The molecule has 1 heterocycles. The van der Waals surface area contributed by atoms with Crippen LogP contribution < -0.4 is 0 Å². The number of Topliss-reactive ketones (excluding diaryl/α,β-unsaturated/α-hetero) is 1. The van der Waals surface area contributed by atoms with E-state index in [9.17, 15) is 22.8 Å². The maximum atomic E-state index is 13.0. The van der Waals surface area contributed by atoms with Gasteiger partial charge in [0, 0.05) is 0 Å². The first-order valence-corrected chi connectivity index (χ1v) is 4.66. The quantitative estimate of drug-likeness (QED) is 0.351. The van der Waals surface area contributed by atoms with Crippen molar-refractivity contribution in [3.63, 3.8) is 0 Å². The van der Waals surface area contributed by atoms with Gasteiger partial charge in [-0.3, -0.25) is 9.59 Å². The third-order valence-electron chi connectivity index (χ3n) is 1.80. The first-order chi connectivity index (χ1) is 7.95. The number of carbonyl (C=O) groups is 2. The van der Waals surface area contributed by atoms with Gasteiger partial charge in [0.15, 0.2) is 11.6 Å². The maximum absolute atomic E-state index is 13.0. The molecule has 1 aromatic rings. The third-order valence-corrected chi connectivity index (χ3v) is 1.80. The van der Waals surface area contributed by atoms with Crippen molar-refractivity contribution in [2.75, 3.05) is 6.61 Å². The molecule has 0 aromatic carbocycles. The average molecular weight is 247 g/mol. The second-order valence-electron chi connectivity index (χ2n) is 3.00. The Morgan fingerprint density at radius 1 is 1.29 bits per heavy atom. The summed E-state index contributed by atoms with van der Waals surface area (Å²) in [4.78, 5) is 24.8. The van der Waals surface area contributed by atoms with Crippen LogP contribution in [0.2, 0.25) is 0 Å². The molecule has 0 aliphatic carbocycles. The van der Waals surface area contributed by atoms with Gasteiger partial charge in [-0.05, 0) is 13.0 Å². The van der Waals surface area contributed by atoms with Gasteiger partial charge in [0.2, 0.25) is 5.95 Å². The fraction of sp³-hybridized carbons (Fsp3) is 0.300. The van der Waals surface area contributed by atoms with E-state index >= 15 is 0 Å². The molecule has 1 aromatic heterocycles. The van der Waals surface area contributed by atoms with Crippen molar-refractivity contribution >= 4 is 11.8 Å². The van der Waals surface area contributed by atoms with E-state index in [0.29, 0.717) is 6.07 Å². The molecule has 92 valence electrons. The molecule has 0 atom stereocenters. The molecule has 1 rings (SSSR count). The number of pyridine rings is 1. The number of ether oxygens (including phenoxy) is 1. The molecule has 0 bridgehead atoms. The van der Waals surface area contributed by atoms with Gasteiger partial charge in [-0.25, -0.2) is 4.39 Å². The number of esters is 1. The summed E-state index contributed by atoms with van der Waals surface area (Å²) < 4.78 is 42.7. The minimum absolute atomic E-state index is 0.0601. The molecule has 0 saturated carbocycles. The number of halogens is 3. The van der Waals surface area contributed by atoms with Gasteiger partial charge in [0.25, 0.3) is 5.95 Å². The minimum atomic E-state index is -1.64. The number of nitrogens with zero attached hydrogens (tertiary/aromatic N) is 1. The molecule has 7 heteroatoms. The normalized spacial score (nSPS) is 10.1. The van der Waals surface area contributed by atoms with Gasteiger partial charge in [-0.1, -0.05) is 0 Å². The van der Waals surface area contributed by atoms with E-state index in [1.54, 1.807) is 0 Å². The van der Waals surface area contributed by atoms with E-state index in [-0.39, 0.29) is 6.61 Å². The van der Waals surface area contributed by atoms with Gasteiger partial charge >= 0.3 is 5.97 Å². The lowest BCUT2D eigenvalue weighted by atomic mass is 10.1. The molecule has 0 spiro atoms. The Morgan fingerprint density at radius 3 is 2.53 bits per heavy atom. The molecule has 17 heavy (non-hydrogen) atoms. The van der Waals surface area contributed by atoms with Crippen LogP contribution in [-0.4, -0.2) is 23.3 Å². The van der Waals surface area contributed by atoms with Crippen LogP contribution in [0.3, 0.4) is 0 Å². The van der Waals surface area contributed by atoms with Crippen LogP contribution in [0.25, 0.3) is 0 Å². The summed E-state index contributed by atoms with van der Waals surface area (Å²) in [5.41, 5.74) is -0.781. The van der Waals surface area contributed by atoms with Crippen molar-refractivity contribution < 1.29 is 27.5 Å². The number of hydrogen-bond acceptors (Lipinski definition) is 4. The molecule has 0 N–H and O–H groups in total.